The molecule has 2 N–H and O–H groups in total. The number of hydrazone groups is 2. The summed E-state index contributed by atoms with van der Waals surface area (Å²) in [6.45, 7) is 0. The SMILES string of the molecule is Clc1cccc(N/N=C\c2ccc(/C=N\Nc3cccc(Cl)c3)cc2)c1. The number of hydrogen-bond donors (Lipinski definition) is 2. The topological polar surface area (TPSA) is 48.8 Å². The molecule has 0 aliphatic carbocycles. The summed E-state index contributed by atoms with van der Waals surface area (Å²) in [7, 11) is 0. The minimum absolute atomic E-state index is 0.667. The van der Waals surface area contributed by atoms with E-state index in [1.807, 2.05) is 72.8 Å². The fourth-order valence-corrected chi connectivity index (χ4v) is 2.53. The number of rotatable bonds is 6. The molecule has 0 amide bonds. The van der Waals surface area contributed by atoms with Gasteiger partial charge in [-0.25, -0.2) is 0 Å². The molecule has 130 valence electrons. The van der Waals surface area contributed by atoms with Crippen LogP contribution in [0.25, 0.3) is 0 Å². The Morgan fingerprint density at radius 2 is 1.04 bits per heavy atom. The third-order valence-electron chi connectivity index (χ3n) is 3.40. The normalized spacial score (nSPS) is 11.2. The molecular formula is C20H16Cl2N4. The smallest absolute Gasteiger partial charge is 0.0576 e. The summed E-state index contributed by atoms with van der Waals surface area (Å²) in [6.07, 6.45) is 3.48. The second-order valence-electron chi connectivity index (χ2n) is 5.43. The van der Waals surface area contributed by atoms with Crippen LogP contribution in [0.2, 0.25) is 10.0 Å². The van der Waals surface area contributed by atoms with E-state index >= 15 is 0 Å². The van der Waals surface area contributed by atoms with Gasteiger partial charge in [0.05, 0.1) is 23.8 Å². The molecule has 0 aromatic heterocycles. The predicted octanol–water partition coefficient (Wildman–Crippen LogP) is 5.89. The van der Waals surface area contributed by atoms with Gasteiger partial charge < -0.3 is 0 Å². The number of hydrogen-bond acceptors (Lipinski definition) is 4. The lowest BCUT2D eigenvalue weighted by atomic mass is 10.2. The minimum atomic E-state index is 0.667. The molecule has 0 saturated carbocycles. The summed E-state index contributed by atoms with van der Waals surface area (Å²) >= 11 is 11.9. The fraction of sp³-hybridized carbons (Fsp3) is 0. The Bertz CT molecular complexity index is 845. The molecule has 3 rings (SSSR count). The summed E-state index contributed by atoms with van der Waals surface area (Å²) in [5.41, 5.74) is 9.51. The van der Waals surface area contributed by atoms with E-state index in [0.29, 0.717) is 10.0 Å². The van der Waals surface area contributed by atoms with Crippen molar-refractivity contribution in [3.63, 3.8) is 0 Å². The zero-order valence-corrected chi connectivity index (χ0v) is 15.2. The van der Waals surface area contributed by atoms with Crippen molar-refractivity contribution >= 4 is 47.0 Å². The fourth-order valence-electron chi connectivity index (χ4n) is 2.15. The van der Waals surface area contributed by atoms with Crippen molar-refractivity contribution in [1.29, 1.82) is 0 Å². The Kier molecular flexibility index (Phi) is 6.25. The van der Waals surface area contributed by atoms with Crippen LogP contribution in [-0.4, -0.2) is 12.4 Å². The molecule has 3 aromatic rings. The molecular weight excluding hydrogens is 367 g/mol. The first-order valence-electron chi connectivity index (χ1n) is 7.88. The number of benzene rings is 3. The van der Waals surface area contributed by atoms with E-state index in [1.165, 1.54) is 0 Å². The van der Waals surface area contributed by atoms with E-state index < -0.39 is 0 Å². The van der Waals surface area contributed by atoms with E-state index in [2.05, 4.69) is 21.1 Å². The van der Waals surface area contributed by atoms with Gasteiger partial charge in [0.1, 0.15) is 0 Å². The van der Waals surface area contributed by atoms with Crippen LogP contribution < -0.4 is 10.9 Å². The predicted molar refractivity (Wildman–Crippen MR) is 112 cm³/mol. The lowest BCUT2D eigenvalue weighted by Gasteiger charge is -2.01. The molecule has 0 unspecified atom stereocenters. The summed E-state index contributed by atoms with van der Waals surface area (Å²) in [4.78, 5) is 0. The van der Waals surface area contributed by atoms with Gasteiger partial charge in [-0.05, 0) is 47.5 Å². The molecule has 3 aromatic carbocycles. The molecule has 6 heteroatoms. The van der Waals surface area contributed by atoms with Crippen molar-refractivity contribution < 1.29 is 0 Å². The molecule has 26 heavy (non-hydrogen) atoms. The third kappa shape index (κ3) is 5.62. The average molecular weight is 383 g/mol. The first kappa shape index (κ1) is 18.0. The maximum Gasteiger partial charge on any atom is 0.0576 e. The van der Waals surface area contributed by atoms with Crippen LogP contribution in [-0.2, 0) is 0 Å². The maximum absolute atomic E-state index is 5.93. The quantitative estimate of drug-likeness (QED) is 0.412. The third-order valence-corrected chi connectivity index (χ3v) is 3.87. The van der Waals surface area contributed by atoms with E-state index in [0.717, 1.165) is 22.5 Å². The van der Waals surface area contributed by atoms with Gasteiger partial charge in [-0.15, -0.1) is 0 Å². The van der Waals surface area contributed by atoms with Crippen LogP contribution in [0.3, 0.4) is 0 Å². The minimum Gasteiger partial charge on any atom is -0.278 e. The standard InChI is InChI=1S/C20H16Cl2N4/c21-17-3-1-5-19(11-17)25-23-13-15-7-9-16(10-8-15)14-24-26-20-6-2-4-18(22)12-20/h1-14,25-26H/b23-13-,24-14-. The lowest BCUT2D eigenvalue weighted by molar-refractivity contribution is 1.34. The molecule has 0 aliphatic heterocycles. The highest BCUT2D eigenvalue weighted by atomic mass is 35.5. The molecule has 4 nitrogen and oxygen atoms in total. The largest absolute Gasteiger partial charge is 0.278 e. The highest BCUT2D eigenvalue weighted by molar-refractivity contribution is 6.31. The second kappa shape index (κ2) is 9.04. The zero-order chi connectivity index (χ0) is 18.2. The first-order chi connectivity index (χ1) is 12.7. The van der Waals surface area contributed by atoms with Crippen LogP contribution in [0.5, 0.6) is 0 Å². The first-order valence-corrected chi connectivity index (χ1v) is 8.64. The van der Waals surface area contributed by atoms with Crippen molar-refractivity contribution in [2.75, 3.05) is 10.9 Å². The number of anilines is 2. The van der Waals surface area contributed by atoms with Crippen molar-refractivity contribution in [3.05, 3.63) is 94.0 Å². The molecule has 0 heterocycles. The number of halogens is 2. The van der Waals surface area contributed by atoms with Gasteiger partial charge in [-0.2, -0.15) is 10.2 Å². The van der Waals surface area contributed by atoms with E-state index in [-0.39, 0.29) is 0 Å². The molecule has 0 atom stereocenters. The van der Waals surface area contributed by atoms with Gasteiger partial charge in [-0.3, -0.25) is 10.9 Å². The summed E-state index contributed by atoms with van der Waals surface area (Å²) in [5.74, 6) is 0. The monoisotopic (exact) mass is 382 g/mol. The molecule has 0 saturated heterocycles. The van der Waals surface area contributed by atoms with Crippen molar-refractivity contribution in [2.45, 2.75) is 0 Å². The van der Waals surface area contributed by atoms with Crippen LogP contribution in [0.1, 0.15) is 11.1 Å². The van der Waals surface area contributed by atoms with Crippen LogP contribution in [0.15, 0.2) is 83.0 Å². The van der Waals surface area contributed by atoms with Gasteiger partial charge in [0, 0.05) is 10.0 Å². The van der Waals surface area contributed by atoms with Crippen LogP contribution >= 0.6 is 23.2 Å². The Labute approximate surface area is 162 Å². The van der Waals surface area contributed by atoms with E-state index in [9.17, 15) is 0 Å². The molecule has 0 aliphatic rings. The van der Waals surface area contributed by atoms with Gasteiger partial charge in [0.15, 0.2) is 0 Å². The summed E-state index contributed by atoms with van der Waals surface area (Å²) in [6, 6.07) is 22.6. The molecule has 0 bridgehead atoms. The molecule has 0 radical (unpaired) electrons. The second-order valence-corrected chi connectivity index (χ2v) is 6.30. The molecule has 0 spiro atoms. The zero-order valence-electron chi connectivity index (χ0n) is 13.7. The summed E-state index contributed by atoms with van der Waals surface area (Å²) < 4.78 is 0. The van der Waals surface area contributed by atoms with E-state index in [4.69, 9.17) is 23.2 Å². The van der Waals surface area contributed by atoms with Gasteiger partial charge in [0.2, 0.25) is 0 Å². The van der Waals surface area contributed by atoms with Crippen molar-refractivity contribution in [1.82, 2.24) is 0 Å². The average Bonchev–Trinajstić information content (AvgIpc) is 2.63. The number of nitrogens with one attached hydrogen (secondary N) is 2. The highest BCUT2D eigenvalue weighted by Gasteiger charge is 1.93. The van der Waals surface area contributed by atoms with Crippen molar-refractivity contribution in [3.8, 4) is 0 Å². The molecule has 0 fully saturated rings. The Morgan fingerprint density at radius 1 is 0.615 bits per heavy atom. The lowest BCUT2D eigenvalue weighted by Crippen LogP contribution is -1.92. The van der Waals surface area contributed by atoms with E-state index in [1.54, 1.807) is 12.4 Å². The van der Waals surface area contributed by atoms with Gasteiger partial charge in [0.25, 0.3) is 0 Å². The Hall–Kier alpha value is -2.82. The Balaban J connectivity index is 1.54. The number of nitrogens with zero attached hydrogens (tertiary/aromatic N) is 2. The summed E-state index contributed by atoms with van der Waals surface area (Å²) in [5, 5.41) is 9.73. The van der Waals surface area contributed by atoms with Crippen molar-refractivity contribution in [2.24, 2.45) is 10.2 Å². The van der Waals surface area contributed by atoms with Crippen LogP contribution in [0, 0.1) is 0 Å². The highest BCUT2D eigenvalue weighted by Crippen LogP contribution is 2.15. The Morgan fingerprint density at radius 3 is 1.42 bits per heavy atom. The maximum atomic E-state index is 5.93. The van der Waals surface area contributed by atoms with Crippen LogP contribution in [0.4, 0.5) is 11.4 Å². The van der Waals surface area contributed by atoms with Gasteiger partial charge >= 0.3 is 0 Å². The van der Waals surface area contributed by atoms with Gasteiger partial charge in [-0.1, -0.05) is 59.6 Å².